The molecule has 1 N–H and O–H groups in total. The van der Waals surface area contributed by atoms with E-state index in [9.17, 15) is 19.5 Å². The summed E-state index contributed by atoms with van der Waals surface area (Å²) in [5.74, 6) is -0.267. The van der Waals surface area contributed by atoms with Crippen molar-refractivity contribution in [2.24, 2.45) is 13.0 Å². The molecule has 2 aromatic heterocycles. The molecular weight excluding hydrogens is 474 g/mol. The Bertz CT molecular complexity index is 1590. The highest BCUT2D eigenvalue weighted by Crippen LogP contribution is 2.40. The van der Waals surface area contributed by atoms with Crippen LogP contribution in [0.3, 0.4) is 0 Å². The number of amides is 1. The zero-order valence-corrected chi connectivity index (χ0v) is 21.8. The summed E-state index contributed by atoms with van der Waals surface area (Å²) in [6.45, 7) is 7.22. The topological polar surface area (TPSA) is 84.5 Å². The number of hydrogen-bond donors (Lipinski definition) is 1. The third kappa shape index (κ3) is 3.98. The predicted octanol–water partition coefficient (Wildman–Crippen LogP) is 3.93. The fourth-order valence-electron chi connectivity index (χ4n) is 5.24. The zero-order valence-electron chi connectivity index (χ0n) is 21.0. The largest absolute Gasteiger partial charge is 0.391 e. The summed E-state index contributed by atoms with van der Waals surface area (Å²) in [5.41, 5.74) is 0.598. The first-order chi connectivity index (χ1) is 17.2. The minimum absolute atomic E-state index is 0.178. The van der Waals surface area contributed by atoms with Crippen molar-refractivity contribution in [3.05, 3.63) is 79.3 Å². The highest BCUT2D eigenvalue weighted by atomic mass is 32.1. The third-order valence-electron chi connectivity index (χ3n) is 7.09. The number of aromatic nitrogens is 2. The zero-order chi connectivity index (χ0) is 25.7. The third-order valence-corrected chi connectivity index (χ3v) is 8.49. The van der Waals surface area contributed by atoms with Crippen LogP contribution in [0.25, 0.3) is 21.0 Å². The van der Waals surface area contributed by atoms with Crippen molar-refractivity contribution < 1.29 is 9.90 Å². The van der Waals surface area contributed by atoms with E-state index in [1.54, 1.807) is 9.47 Å². The van der Waals surface area contributed by atoms with E-state index < -0.39 is 11.7 Å². The number of rotatable bonds is 5. The number of carbonyl (C=O) groups is 1. The van der Waals surface area contributed by atoms with E-state index in [2.05, 4.69) is 31.2 Å². The van der Waals surface area contributed by atoms with Crippen molar-refractivity contribution >= 4 is 38.2 Å². The summed E-state index contributed by atoms with van der Waals surface area (Å²) in [5, 5.41) is 12.6. The molecule has 0 saturated carbocycles. The molecular formula is C28H31N3O4S. The lowest BCUT2D eigenvalue weighted by molar-refractivity contribution is 0.0766. The lowest BCUT2D eigenvalue weighted by Gasteiger charge is -2.19. The molecule has 7 nitrogen and oxygen atoms in total. The predicted molar refractivity (Wildman–Crippen MR) is 144 cm³/mol. The molecule has 2 aromatic carbocycles. The van der Waals surface area contributed by atoms with Gasteiger partial charge in [-0.15, -0.1) is 11.3 Å². The van der Waals surface area contributed by atoms with Crippen LogP contribution in [0.1, 0.15) is 53.9 Å². The molecule has 0 bridgehead atoms. The van der Waals surface area contributed by atoms with E-state index in [1.807, 2.05) is 32.0 Å². The summed E-state index contributed by atoms with van der Waals surface area (Å²) >= 11 is 1.37. The van der Waals surface area contributed by atoms with Crippen molar-refractivity contribution in [1.29, 1.82) is 0 Å². The van der Waals surface area contributed by atoms with Gasteiger partial charge >= 0.3 is 5.69 Å². The summed E-state index contributed by atoms with van der Waals surface area (Å²) in [4.78, 5) is 43.6. The van der Waals surface area contributed by atoms with Gasteiger partial charge in [0.25, 0.3) is 11.5 Å². The molecule has 1 saturated heterocycles. The van der Waals surface area contributed by atoms with Crippen LogP contribution in [0.15, 0.2) is 52.1 Å². The molecule has 0 radical (unpaired) electrons. The van der Waals surface area contributed by atoms with Crippen molar-refractivity contribution in [1.82, 2.24) is 14.0 Å². The highest BCUT2D eigenvalue weighted by molar-refractivity contribution is 7.19. The number of β-amino-alcohol motifs (C(OH)–C–C–N with tert-alkyl or cyclic N) is 1. The molecule has 1 aliphatic rings. The number of hydrogen-bond acceptors (Lipinski definition) is 5. The van der Waals surface area contributed by atoms with Gasteiger partial charge < -0.3 is 10.0 Å². The van der Waals surface area contributed by atoms with Gasteiger partial charge in [0, 0.05) is 37.5 Å². The van der Waals surface area contributed by atoms with Gasteiger partial charge in [0.05, 0.1) is 17.1 Å². The fourth-order valence-corrected chi connectivity index (χ4v) is 6.60. The van der Waals surface area contributed by atoms with Gasteiger partial charge in [-0.25, -0.2) is 4.79 Å². The van der Waals surface area contributed by atoms with E-state index in [1.165, 1.54) is 18.4 Å². The minimum atomic E-state index is -0.570. The van der Waals surface area contributed by atoms with E-state index in [0.29, 0.717) is 35.3 Å². The molecule has 0 spiro atoms. The van der Waals surface area contributed by atoms with Gasteiger partial charge in [0.15, 0.2) is 0 Å². The van der Waals surface area contributed by atoms with Crippen LogP contribution >= 0.6 is 11.3 Å². The van der Waals surface area contributed by atoms with Crippen molar-refractivity contribution in [2.45, 2.75) is 45.8 Å². The Hall–Kier alpha value is -3.23. The number of likely N-dealkylation sites (tertiary alicyclic amines) is 1. The maximum atomic E-state index is 14.0. The van der Waals surface area contributed by atoms with Crippen LogP contribution < -0.4 is 11.2 Å². The molecule has 4 aromatic rings. The lowest BCUT2D eigenvalue weighted by Crippen LogP contribution is -2.39. The first-order valence-electron chi connectivity index (χ1n) is 12.4. The molecule has 8 heteroatoms. The van der Waals surface area contributed by atoms with Crippen molar-refractivity contribution in [2.75, 3.05) is 13.1 Å². The fraction of sp³-hybridized carbons (Fsp3) is 0.393. The van der Waals surface area contributed by atoms with Gasteiger partial charge in [0.2, 0.25) is 0 Å². The van der Waals surface area contributed by atoms with E-state index in [0.717, 1.165) is 25.8 Å². The lowest BCUT2D eigenvalue weighted by atomic mass is 9.91. The van der Waals surface area contributed by atoms with E-state index in [-0.39, 0.29) is 30.0 Å². The van der Waals surface area contributed by atoms with E-state index >= 15 is 0 Å². The Morgan fingerprint density at radius 1 is 1.11 bits per heavy atom. The van der Waals surface area contributed by atoms with Crippen LogP contribution in [-0.2, 0) is 13.6 Å². The van der Waals surface area contributed by atoms with Crippen LogP contribution in [-0.4, -0.2) is 44.2 Å². The molecule has 0 aliphatic carbocycles. The Morgan fingerprint density at radius 3 is 2.53 bits per heavy atom. The van der Waals surface area contributed by atoms with Crippen LogP contribution in [0.4, 0.5) is 0 Å². The second kappa shape index (κ2) is 9.33. The second-order valence-corrected chi connectivity index (χ2v) is 11.2. The molecule has 2 unspecified atom stereocenters. The minimum Gasteiger partial charge on any atom is -0.391 e. The quantitative estimate of drug-likeness (QED) is 0.446. The molecule has 188 valence electrons. The molecule has 1 aliphatic heterocycles. The normalized spacial score (nSPS) is 16.9. The molecule has 36 heavy (non-hydrogen) atoms. The van der Waals surface area contributed by atoms with Gasteiger partial charge in [-0.2, -0.15) is 0 Å². The molecule has 2 atom stereocenters. The SMILES string of the molecule is CC(C)Cn1c(=O)n(C)c(=O)c2c(C(=O)N3CCC(O)C3)c(C(C)c3cccc4ccccc34)sc21. The number of thiophene rings is 1. The van der Waals surface area contributed by atoms with Gasteiger partial charge in [-0.05, 0) is 28.7 Å². The highest BCUT2D eigenvalue weighted by Gasteiger charge is 2.34. The average Bonchev–Trinajstić information content (AvgIpc) is 3.48. The maximum Gasteiger partial charge on any atom is 0.331 e. The number of carbonyl (C=O) groups excluding carboxylic acids is 1. The Kier molecular flexibility index (Phi) is 6.34. The van der Waals surface area contributed by atoms with Gasteiger partial charge in [0.1, 0.15) is 4.83 Å². The second-order valence-electron chi connectivity index (χ2n) is 10.2. The average molecular weight is 506 g/mol. The van der Waals surface area contributed by atoms with E-state index in [4.69, 9.17) is 0 Å². The molecule has 3 heterocycles. The summed E-state index contributed by atoms with van der Waals surface area (Å²) in [6.07, 6.45) is -0.0577. The van der Waals surface area contributed by atoms with Crippen LogP contribution in [0.5, 0.6) is 0 Å². The Morgan fingerprint density at radius 2 is 1.83 bits per heavy atom. The number of fused-ring (bicyclic) bond motifs is 2. The summed E-state index contributed by atoms with van der Waals surface area (Å²) in [7, 11) is 1.47. The monoisotopic (exact) mass is 505 g/mol. The molecule has 1 amide bonds. The molecule has 1 fully saturated rings. The number of nitrogens with zero attached hydrogens (tertiary/aromatic N) is 3. The van der Waals surface area contributed by atoms with Crippen LogP contribution in [0, 0.1) is 5.92 Å². The molecule has 5 rings (SSSR count). The summed E-state index contributed by atoms with van der Waals surface area (Å²) in [6, 6.07) is 14.3. The Labute approximate surface area is 213 Å². The standard InChI is InChI=1S/C28H31N3O4S/c1-16(2)14-31-27-23(25(33)29(4)28(31)35)22(26(34)30-13-12-19(32)15-30)24(36-27)17(3)20-11-7-9-18-8-5-6-10-21(18)20/h5-11,16-17,19,32H,12-15H2,1-4H3. The number of aliphatic hydroxyl groups is 1. The van der Waals surface area contributed by atoms with Gasteiger partial charge in [-0.1, -0.05) is 63.2 Å². The van der Waals surface area contributed by atoms with Crippen LogP contribution in [0.2, 0.25) is 0 Å². The first-order valence-corrected chi connectivity index (χ1v) is 13.2. The van der Waals surface area contributed by atoms with Crippen molar-refractivity contribution in [3.8, 4) is 0 Å². The number of aliphatic hydroxyl groups excluding tert-OH is 1. The number of benzene rings is 2. The van der Waals surface area contributed by atoms with Gasteiger partial charge in [-0.3, -0.25) is 18.7 Å². The van der Waals surface area contributed by atoms with Crippen molar-refractivity contribution in [3.63, 3.8) is 0 Å². The summed E-state index contributed by atoms with van der Waals surface area (Å²) < 4.78 is 2.75. The Balaban J connectivity index is 1.82. The first kappa shape index (κ1) is 24.5. The maximum absolute atomic E-state index is 14.0. The smallest absolute Gasteiger partial charge is 0.331 e.